The summed E-state index contributed by atoms with van der Waals surface area (Å²) in [5.41, 5.74) is 5.08. The maximum atomic E-state index is 12.8. The van der Waals surface area contributed by atoms with E-state index in [1.165, 1.54) is 5.69 Å². The number of carbonyl (C=O) groups excluding carboxylic acids is 1. The predicted molar refractivity (Wildman–Crippen MR) is 102 cm³/mol. The quantitative estimate of drug-likeness (QED) is 0.791. The number of carbonyl (C=O) groups is 1. The number of rotatable bonds is 3. The second-order valence-corrected chi connectivity index (χ2v) is 6.70. The zero-order valence-electron chi connectivity index (χ0n) is 15.1. The van der Waals surface area contributed by atoms with Gasteiger partial charge in [-0.1, -0.05) is 0 Å². The Labute approximate surface area is 153 Å². The highest BCUT2D eigenvalue weighted by atomic mass is 16.2. The number of piperazine rings is 1. The van der Waals surface area contributed by atoms with Crippen molar-refractivity contribution in [1.29, 1.82) is 0 Å². The van der Waals surface area contributed by atoms with Crippen LogP contribution in [0.3, 0.4) is 0 Å². The number of H-pyrrole nitrogens is 1. The second-order valence-electron chi connectivity index (χ2n) is 6.70. The molecule has 0 unspecified atom stereocenters. The Morgan fingerprint density at radius 3 is 2.23 bits per heavy atom. The van der Waals surface area contributed by atoms with E-state index in [1.54, 1.807) is 0 Å². The third-order valence-corrected chi connectivity index (χ3v) is 4.99. The van der Waals surface area contributed by atoms with E-state index in [0.29, 0.717) is 0 Å². The summed E-state index contributed by atoms with van der Waals surface area (Å²) in [6, 6.07) is 11.8. The standard InChI is InChI=1S/C20H23N5O/c1-15-19(16(2)22-21-15)24-11-13-25(14-12-24)20(26)17-5-7-18(8-6-17)23-9-3-4-10-23/h3-10H,11-14H2,1-2H3,(H,21,22). The fourth-order valence-corrected chi connectivity index (χ4v) is 3.61. The lowest BCUT2D eigenvalue weighted by molar-refractivity contribution is 0.0747. The third kappa shape index (κ3) is 2.98. The van der Waals surface area contributed by atoms with Crippen molar-refractivity contribution in [2.75, 3.05) is 31.1 Å². The summed E-state index contributed by atoms with van der Waals surface area (Å²) in [5.74, 6) is 0.101. The summed E-state index contributed by atoms with van der Waals surface area (Å²) >= 11 is 0. The topological polar surface area (TPSA) is 57.2 Å². The Kier molecular flexibility index (Phi) is 4.24. The summed E-state index contributed by atoms with van der Waals surface area (Å²) < 4.78 is 2.03. The minimum absolute atomic E-state index is 0.101. The first kappa shape index (κ1) is 16.4. The average Bonchev–Trinajstić information content (AvgIpc) is 3.32. The summed E-state index contributed by atoms with van der Waals surface area (Å²) in [5, 5.41) is 7.31. The van der Waals surface area contributed by atoms with Crippen molar-refractivity contribution in [3.05, 3.63) is 65.7 Å². The van der Waals surface area contributed by atoms with Crippen LogP contribution in [0.2, 0.25) is 0 Å². The number of hydrogen-bond acceptors (Lipinski definition) is 3. The molecule has 1 aliphatic rings. The maximum Gasteiger partial charge on any atom is 0.253 e. The van der Waals surface area contributed by atoms with E-state index in [1.807, 2.05) is 72.1 Å². The van der Waals surface area contributed by atoms with Crippen LogP contribution in [0.4, 0.5) is 5.69 Å². The SMILES string of the molecule is Cc1n[nH]c(C)c1N1CCN(C(=O)c2ccc(-n3cccc3)cc2)CC1. The molecule has 0 atom stereocenters. The molecular weight excluding hydrogens is 326 g/mol. The Morgan fingerprint density at radius 1 is 1.00 bits per heavy atom. The molecule has 3 heterocycles. The van der Waals surface area contributed by atoms with E-state index in [4.69, 9.17) is 0 Å². The first-order chi connectivity index (χ1) is 12.6. The van der Waals surface area contributed by atoms with Crippen LogP contribution in [0, 0.1) is 13.8 Å². The highest BCUT2D eigenvalue weighted by Gasteiger charge is 2.24. The van der Waals surface area contributed by atoms with Gasteiger partial charge in [0, 0.05) is 49.8 Å². The number of aromatic nitrogens is 3. The molecule has 1 saturated heterocycles. The molecule has 0 spiro atoms. The van der Waals surface area contributed by atoms with Gasteiger partial charge in [-0.15, -0.1) is 0 Å². The molecule has 1 aromatic carbocycles. The number of amides is 1. The number of aromatic amines is 1. The molecule has 1 fully saturated rings. The highest BCUT2D eigenvalue weighted by molar-refractivity contribution is 5.94. The van der Waals surface area contributed by atoms with Gasteiger partial charge in [-0.3, -0.25) is 9.89 Å². The molecule has 0 bridgehead atoms. The van der Waals surface area contributed by atoms with E-state index in [9.17, 15) is 4.79 Å². The average molecular weight is 349 g/mol. The van der Waals surface area contributed by atoms with Crippen molar-refractivity contribution in [3.63, 3.8) is 0 Å². The largest absolute Gasteiger partial charge is 0.365 e. The zero-order chi connectivity index (χ0) is 18.1. The van der Waals surface area contributed by atoms with Crippen LogP contribution >= 0.6 is 0 Å². The number of benzene rings is 1. The van der Waals surface area contributed by atoms with Crippen LogP contribution in [0.25, 0.3) is 5.69 Å². The molecule has 1 aliphatic heterocycles. The van der Waals surface area contributed by atoms with Crippen LogP contribution in [0.5, 0.6) is 0 Å². The Bertz CT molecular complexity index is 867. The highest BCUT2D eigenvalue weighted by Crippen LogP contribution is 2.23. The predicted octanol–water partition coefficient (Wildman–Crippen LogP) is 2.78. The van der Waals surface area contributed by atoms with Crippen LogP contribution < -0.4 is 4.90 Å². The van der Waals surface area contributed by atoms with Gasteiger partial charge < -0.3 is 14.4 Å². The van der Waals surface area contributed by atoms with Crippen molar-refractivity contribution in [2.45, 2.75) is 13.8 Å². The molecule has 2 aromatic heterocycles. The fraction of sp³-hybridized carbons (Fsp3) is 0.300. The van der Waals surface area contributed by atoms with E-state index in [-0.39, 0.29) is 5.91 Å². The first-order valence-corrected chi connectivity index (χ1v) is 8.92. The van der Waals surface area contributed by atoms with Gasteiger partial charge in [0.1, 0.15) is 0 Å². The van der Waals surface area contributed by atoms with E-state index < -0.39 is 0 Å². The molecule has 4 rings (SSSR count). The smallest absolute Gasteiger partial charge is 0.253 e. The van der Waals surface area contributed by atoms with Gasteiger partial charge in [0.2, 0.25) is 0 Å². The molecular formula is C20H23N5O. The van der Waals surface area contributed by atoms with E-state index in [2.05, 4.69) is 15.1 Å². The van der Waals surface area contributed by atoms with Crippen LogP contribution in [-0.2, 0) is 0 Å². The molecule has 1 N–H and O–H groups in total. The molecule has 26 heavy (non-hydrogen) atoms. The van der Waals surface area contributed by atoms with Gasteiger partial charge in [-0.2, -0.15) is 5.10 Å². The Hall–Kier alpha value is -3.02. The second kappa shape index (κ2) is 6.71. The molecule has 3 aromatic rings. The van der Waals surface area contributed by atoms with E-state index >= 15 is 0 Å². The molecule has 6 nitrogen and oxygen atoms in total. The Morgan fingerprint density at radius 2 is 1.65 bits per heavy atom. The summed E-state index contributed by atoms with van der Waals surface area (Å²) in [7, 11) is 0. The van der Waals surface area contributed by atoms with Crippen molar-refractivity contribution < 1.29 is 4.79 Å². The van der Waals surface area contributed by atoms with Crippen LogP contribution in [0.1, 0.15) is 21.7 Å². The molecule has 1 amide bonds. The zero-order valence-corrected chi connectivity index (χ0v) is 15.1. The van der Waals surface area contributed by atoms with Gasteiger partial charge in [-0.05, 0) is 50.2 Å². The number of nitrogens with zero attached hydrogens (tertiary/aromatic N) is 4. The van der Waals surface area contributed by atoms with Crippen LogP contribution in [-0.4, -0.2) is 51.8 Å². The molecule has 0 aliphatic carbocycles. The van der Waals surface area contributed by atoms with Gasteiger partial charge in [0.15, 0.2) is 0 Å². The molecule has 6 heteroatoms. The summed E-state index contributed by atoms with van der Waals surface area (Å²) in [4.78, 5) is 17.1. The fourth-order valence-electron chi connectivity index (χ4n) is 3.61. The lowest BCUT2D eigenvalue weighted by atomic mass is 10.1. The van der Waals surface area contributed by atoms with E-state index in [0.717, 1.165) is 48.8 Å². The van der Waals surface area contributed by atoms with Gasteiger partial charge in [0.25, 0.3) is 5.91 Å². The monoisotopic (exact) mass is 349 g/mol. The number of anilines is 1. The minimum Gasteiger partial charge on any atom is -0.365 e. The first-order valence-electron chi connectivity index (χ1n) is 8.92. The minimum atomic E-state index is 0.101. The maximum absolute atomic E-state index is 12.8. The number of hydrogen-bond donors (Lipinski definition) is 1. The molecule has 0 radical (unpaired) electrons. The summed E-state index contributed by atoms with van der Waals surface area (Å²) in [6.07, 6.45) is 3.99. The van der Waals surface area contributed by atoms with Gasteiger partial charge in [0.05, 0.1) is 17.1 Å². The van der Waals surface area contributed by atoms with Crippen LogP contribution in [0.15, 0.2) is 48.8 Å². The van der Waals surface area contributed by atoms with Crippen molar-refractivity contribution >= 4 is 11.6 Å². The van der Waals surface area contributed by atoms with Crippen molar-refractivity contribution in [3.8, 4) is 5.69 Å². The van der Waals surface area contributed by atoms with Crippen molar-refractivity contribution in [2.24, 2.45) is 0 Å². The molecule has 0 saturated carbocycles. The third-order valence-electron chi connectivity index (χ3n) is 4.99. The molecule has 134 valence electrons. The van der Waals surface area contributed by atoms with Crippen molar-refractivity contribution in [1.82, 2.24) is 19.7 Å². The lowest BCUT2D eigenvalue weighted by Gasteiger charge is -2.36. The Balaban J connectivity index is 1.42. The normalized spacial score (nSPS) is 14.7. The lowest BCUT2D eigenvalue weighted by Crippen LogP contribution is -2.49. The summed E-state index contributed by atoms with van der Waals surface area (Å²) in [6.45, 7) is 7.16. The van der Waals surface area contributed by atoms with Gasteiger partial charge in [-0.25, -0.2) is 0 Å². The number of nitrogens with one attached hydrogen (secondary N) is 1. The van der Waals surface area contributed by atoms with Gasteiger partial charge >= 0.3 is 0 Å². The number of aryl methyl sites for hydroxylation is 2.